The highest BCUT2D eigenvalue weighted by atomic mass is 16.5. The van der Waals surface area contributed by atoms with Gasteiger partial charge < -0.3 is 9.84 Å². The molecule has 33 heavy (non-hydrogen) atoms. The maximum atomic E-state index is 13.7. The van der Waals surface area contributed by atoms with Crippen LogP contribution in [0.3, 0.4) is 0 Å². The highest BCUT2D eigenvalue weighted by Crippen LogP contribution is 2.61. The number of hydrogen-bond acceptors (Lipinski definition) is 3. The van der Waals surface area contributed by atoms with Crippen molar-refractivity contribution in [3.63, 3.8) is 0 Å². The Morgan fingerprint density at radius 1 is 0.909 bits per heavy atom. The van der Waals surface area contributed by atoms with Crippen LogP contribution in [0.15, 0.2) is 97.1 Å². The number of hydrogen-bond donors (Lipinski definition) is 1. The molecule has 1 unspecified atom stereocenters. The first-order chi connectivity index (χ1) is 16.0. The standard InChI is InChI=1S/C29H26O4/c1-29(17-8-3-9-18-29)26-24(27(30)31)23(20-12-4-2-5-13-20)25(26)28(32)33-22-16-10-14-19-11-6-7-15-21(19)22/h2-17,23-26H,18H2,1H3,(H,30,31)/t23-,24+,25+,26-,29?/m0/s1. The first-order valence-electron chi connectivity index (χ1n) is 11.3. The summed E-state index contributed by atoms with van der Waals surface area (Å²) in [6, 6.07) is 22.9. The van der Waals surface area contributed by atoms with Crippen LogP contribution in [-0.4, -0.2) is 17.0 Å². The van der Waals surface area contributed by atoms with Gasteiger partial charge in [-0.1, -0.05) is 98.0 Å². The van der Waals surface area contributed by atoms with Crippen LogP contribution in [0, 0.1) is 23.2 Å². The van der Waals surface area contributed by atoms with Gasteiger partial charge in [-0.15, -0.1) is 0 Å². The zero-order valence-corrected chi connectivity index (χ0v) is 18.4. The lowest BCUT2D eigenvalue weighted by Gasteiger charge is -2.55. The smallest absolute Gasteiger partial charge is 0.315 e. The Morgan fingerprint density at radius 2 is 1.64 bits per heavy atom. The number of aliphatic carboxylic acids is 1. The molecule has 3 aromatic rings. The number of allylic oxidation sites excluding steroid dienone is 4. The topological polar surface area (TPSA) is 63.6 Å². The van der Waals surface area contributed by atoms with E-state index in [2.05, 4.69) is 0 Å². The van der Waals surface area contributed by atoms with Crippen LogP contribution in [0.2, 0.25) is 0 Å². The van der Waals surface area contributed by atoms with Crippen molar-refractivity contribution in [3.8, 4) is 5.75 Å². The molecule has 0 radical (unpaired) electrons. The number of carbonyl (C=O) groups excluding carboxylic acids is 1. The lowest BCUT2D eigenvalue weighted by atomic mass is 9.46. The summed E-state index contributed by atoms with van der Waals surface area (Å²) in [5.41, 5.74) is 0.422. The van der Waals surface area contributed by atoms with Crippen LogP contribution < -0.4 is 4.74 Å². The molecule has 1 fully saturated rings. The number of rotatable bonds is 5. The van der Waals surface area contributed by atoms with Crippen molar-refractivity contribution in [1.29, 1.82) is 0 Å². The Labute approximate surface area is 193 Å². The third-order valence-electron chi connectivity index (χ3n) is 7.29. The molecular weight excluding hydrogens is 412 g/mol. The van der Waals surface area contributed by atoms with E-state index in [0.717, 1.165) is 16.3 Å². The summed E-state index contributed by atoms with van der Waals surface area (Å²) in [5.74, 6) is -2.77. The predicted octanol–water partition coefficient (Wildman–Crippen LogP) is 6.00. The summed E-state index contributed by atoms with van der Waals surface area (Å²) < 4.78 is 6.00. The zero-order valence-electron chi connectivity index (χ0n) is 18.4. The highest BCUT2D eigenvalue weighted by Gasteiger charge is 2.63. The maximum Gasteiger partial charge on any atom is 0.315 e. The quantitative estimate of drug-likeness (QED) is 0.392. The first-order valence-corrected chi connectivity index (χ1v) is 11.3. The molecule has 1 saturated carbocycles. The summed E-state index contributed by atoms with van der Waals surface area (Å²) in [5, 5.41) is 12.1. The molecule has 0 aromatic heterocycles. The molecular formula is C29H26O4. The highest BCUT2D eigenvalue weighted by molar-refractivity contribution is 5.92. The van der Waals surface area contributed by atoms with Crippen molar-refractivity contribution in [2.24, 2.45) is 23.2 Å². The van der Waals surface area contributed by atoms with Gasteiger partial charge >= 0.3 is 11.9 Å². The van der Waals surface area contributed by atoms with E-state index in [-0.39, 0.29) is 11.9 Å². The van der Waals surface area contributed by atoms with Gasteiger partial charge in [0, 0.05) is 11.3 Å². The average Bonchev–Trinajstić information content (AvgIpc) is 2.79. The van der Waals surface area contributed by atoms with E-state index < -0.39 is 29.1 Å². The van der Waals surface area contributed by atoms with Crippen molar-refractivity contribution >= 4 is 22.7 Å². The normalized spacial score (nSPS) is 28.3. The SMILES string of the molecule is CC1([C@H]2[C@H](C(=O)O)[C@H](c3ccccc3)[C@H]2C(=O)Oc2cccc3ccccc23)C=CC=CC1. The van der Waals surface area contributed by atoms with Crippen LogP contribution in [0.4, 0.5) is 0 Å². The van der Waals surface area contributed by atoms with Crippen molar-refractivity contribution in [3.05, 3.63) is 103 Å². The number of esters is 1. The third-order valence-corrected chi connectivity index (χ3v) is 7.29. The van der Waals surface area contributed by atoms with E-state index >= 15 is 0 Å². The molecule has 0 bridgehead atoms. The number of carboxylic acid groups (broad SMARTS) is 1. The molecule has 2 aliphatic rings. The largest absolute Gasteiger partial charge is 0.481 e. The summed E-state index contributed by atoms with van der Waals surface area (Å²) in [4.78, 5) is 26.2. The molecule has 0 amide bonds. The minimum absolute atomic E-state index is 0.369. The van der Waals surface area contributed by atoms with Crippen LogP contribution in [0.1, 0.15) is 24.8 Å². The fraction of sp³-hybridized carbons (Fsp3) is 0.241. The molecule has 4 heteroatoms. The first kappa shape index (κ1) is 21.2. The van der Waals surface area contributed by atoms with Gasteiger partial charge in [0.2, 0.25) is 0 Å². The Kier molecular flexibility index (Phi) is 5.37. The molecule has 5 atom stereocenters. The second kappa shape index (κ2) is 8.36. The Bertz CT molecular complexity index is 1250. The zero-order chi connectivity index (χ0) is 23.0. The van der Waals surface area contributed by atoms with Crippen molar-refractivity contribution in [2.45, 2.75) is 19.3 Å². The number of benzene rings is 3. The summed E-state index contributed by atoms with van der Waals surface area (Å²) in [6.07, 6.45) is 8.70. The molecule has 0 heterocycles. The van der Waals surface area contributed by atoms with Gasteiger partial charge in [-0.2, -0.15) is 0 Å². The van der Waals surface area contributed by atoms with Gasteiger partial charge in [-0.25, -0.2) is 0 Å². The van der Waals surface area contributed by atoms with E-state index in [1.807, 2.05) is 98.0 Å². The predicted molar refractivity (Wildman–Crippen MR) is 128 cm³/mol. The van der Waals surface area contributed by atoms with Crippen LogP contribution >= 0.6 is 0 Å². The monoisotopic (exact) mass is 438 g/mol. The van der Waals surface area contributed by atoms with Crippen molar-refractivity contribution in [2.75, 3.05) is 0 Å². The fourth-order valence-electron chi connectivity index (χ4n) is 5.71. The number of ether oxygens (including phenoxy) is 1. The summed E-state index contributed by atoms with van der Waals surface area (Å²) in [6.45, 7) is 2.05. The van der Waals surface area contributed by atoms with E-state index in [1.54, 1.807) is 6.07 Å². The summed E-state index contributed by atoms with van der Waals surface area (Å²) >= 11 is 0. The van der Waals surface area contributed by atoms with E-state index in [9.17, 15) is 14.7 Å². The summed E-state index contributed by atoms with van der Waals surface area (Å²) in [7, 11) is 0. The Balaban J connectivity index is 1.56. The second-order valence-corrected chi connectivity index (χ2v) is 9.25. The van der Waals surface area contributed by atoms with Crippen molar-refractivity contribution in [1.82, 2.24) is 0 Å². The third kappa shape index (κ3) is 3.66. The van der Waals surface area contributed by atoms with Crippen molar-refractivity contribution < 1.29 is 19.4 Å². The van der Waals surface area contributed by atoms with E-state index in [0.29, 0.717) is 12.2 Å². The van der Waals surface area contributed by atoms with E-state index in [4.69, 9.17) is 4.74 Å². The van der Waals surface area contributed by atoms with Gasteiger partial charge in [0.25, 0.3) is 0 Å². The van der Waals surface area contributed by atoms with Gasteiger partial charge in [0.1, 0.15) is 5.75 Å². The average molecular weight is 439 g/mol. The molecule has 0 aliphatic heterocycles. The Morgan fingerprint density at radius 3 is 2.36 bits per heavy atom. The maximum absolute atomic E-state index is 13.7. The van der Waals surface area contributed by atoms with Gasteiger partial charge in [-0.05, 0) is 34.8 Å². The van der Waals surface area contributed by atoms with Gasteiger partial charge in [0.15, 0.2) is 0 Å². The molecule has 0 spiro atoms. The minimum Gasteiger partial charge on any atom is -0.481 e. The second-order valence-electron chi connectivity index (χ2n) is 9.25. The number of carboxylic acids is 1. The lowest BCUT2D eigenvalue weighted by Crippen LogP contribution is -2.59. The molecule has 166 valence electrons. The molecule has 4 nitrogen and oxygen atoms in total. The Hall–Kier alpha value is -3.66. The number of fused-ring (bicyclic) bond motifs is 1. The molecule has 5 rings (SSSR count). The van der Waals surface area contributed by atoms with Gasteiger partial charge in [-0.3, -0.25) is 9.59 Å². The fourth-order valence-corrected chi connectivity index (χ4v) is 5.71. The van der Waals surface area contributed by atoms with Crippen LogP contribution in [-0.2, 0) is 9.59 Å². The minimum atomic E-state index is -0.868. The molecule has 1 N–H and O–H groups in total. The van der Waals surface area contributed by atoms with E-state index in [1.165, 1.54) is 0 Å². The molecule has 3 aromatic carbocycles. The molecule has 0 saturated heterocycles. The van der Waals surface area contributed by atoms with Crippen LogP contribution in [0.5, 0.6) is 5.75 Å². The van der Waals surface area contributed by atoms with Crippen LogP contribution in [0.25, 0.3) is 10.8 Å². The lowest BCUT2D eigenvalue weighted by molar-refractivity contribution is -0.171. The molecule has 2 aliphatic carbocycles. The van der Waals surface area contributed by atoms with Gasteiger partial charge in [0.05, 0.1) is 11.8 Å². The number of carbonyl (C=O) groups is 2.